The van der Waals surface area contributed by atoms with E-state index in [0.717, 1.165) is 4.68 Å². The van der Waals surface area contributed by atoms with Crippen LogP contribution in [-0.2, 0) is 23.1 Å². The molecule has 158 valence electrons. The minimum Gasteiger partial charge on any atom is -0.495 e. The molecule has 0 unspecified atom stereocenters. The van der Waals surface area contributed by atoms with Gasteiger partial charge in [-0.3, -0.25) is 9.48 Å². The van der Waals surface area contributed by atoms with Crippen molar-refractivity contribution in [3.63, 3.8) is 0 Å². The summed E-state index contributed by atoms with van der Waals surface area (Å²) in [6.07, 6.45) is -4.68. The molecular weight excluding hydrogens is 423 g/mol. The number of aryl methyl sites for hydroxylation is 1. The molecule has 0 fully saturated rings. The van der Waals surface area contributed by atoms with Gasteiger partial charge in [-0.25, -0.2) is 8.42 Å². The van der Waals surface area contributed by atoms with E-state index in [9.17, 15) is 26.4 Å². The second-order valence-corrected chi connectivity index (χ2v) is 8.09. The van der Waals surface area contributed by atoms with Crippen LogP contribution in [-0.4, -0.2) is 31.2 Å². The SMILES string of the molecule is COc1ccccc1S(=O)(=O)c1ccc(NC(=O)c2cc(C(F)(F)F)nn2C)cc1. The number of carbonyl (C=O) groups is 1. The molecule has 0 saturated heterocycles. The van der Waals surface area contributed by atoms with Crippen LogP contribution in [0.15, 0.2) is 64.4 Å². The molecule has 7 nitrogen and oxygen atoms in total. The van der Waals surface area contributed by atoms with E-state index in [2.05, 4.69) is 10.4 Å². The van der Waals surface area contributed by atoms with E-state index >= 15 is 0 Å². The van der Waals surface area contributed by atoms with Crippen LogP contribution in [0.5, 0.6) is 5.75 Å². The van der Waals surface area contributed by atoms with Crippen LogP contribution in [0.25, 0.3) is 0 Å². The Balaban J connectivity index is 1.83. The zero-order valence-electron chi connectivity index (χ0n) is 15.8. The molecule has 0 aliphatic rings. The standard InChI is InChI=1S/C19H16F3N3O4S/c1-25-14(11-17(24-25)19(20,21)22)18(26)23-12-7-9-13(10-8-12)30(27,28)16-6-4-3-5-15(16)29-2/h3-11H,1-2H3,(H,23,26). The number of anilines is 1. The maximum atomic E-state index is 12.8. The maximum Gasteiger partial charge on any atom is 0.435 e. The highest BCUT2D eigenvalue weighted by Crippen LogP contribution is 2.30. The summed E-state index contributed by atoms with van der Waals surface area (Å²) in [6.45, 7) is 0. The molecule has 2 aromatic carbocycles. The maximum absolute atomic E-state index is 12.8. The molecule has 1 aromatic heterocycles. The summed E-state index contributed by atoms with van der Waals surface area (Å²) in [4.78, 5) is 12.2. The number of benzene rings is 2. The Morgan fingerprint density at radius 3 is 2.30 bits per heavy atom. The Labute approximate surface area is 170 Å². The van der Waals surface area contributed by atoms with Crippen LogP contribution in [0.4, 0.5) is 18.9 Å². The van der Waals surface area contributed by atoms with Crippen molar-refractivity contribution in [3.8, 4) is 5.75 Å². The van der Waals surface area contributed by atoms with Crippen molar-refractivity contribution in [2.24, 2.45) is 7.05 Å². The van der Waals surface area contributed by atoms with Gasteiger partial charge in [0.1, 0.15) is 16.3 Å². The molecule has 1 amide bonds. The van der Waals surface area contributed by atoms with E-state index < -0.39 is 27.6 Å². The summed E-state index contributed by atoms with van der Waals surface area (Å²) >= 11 is 0. The first kappa shape index (κ1) is 21.4. The smallest absolute Gasteiger partial charge is 0.435 e. The van der Waals surface area contributed by atoms with Gasteiger partial charge in [-0.15, -0.1) is 0 Å². The van der Waals surface area contributed by atoms with Gasteiger partial charge in [0.25, 0.3) is 5.91 Å². The van der Waals surface area contributed by atoms with Gasteiger partial charge in [-0.1, -0.05) is 12.1 Å². The van der Waals surface area contributed by atoms with Crippen molar-refractivity contribution in [3.05, 3.63) is 66.0 Å². The second-order valence-electron chi connectivity index (χ2n) is 6.17. The lowest BCUT2D eigenvalue weighted by molar-refractivity contribution is -0.141. The quantitative estimate of drug-likeness (QED) is 0.657. The Hall–Kier alpha value is -3.34. The van der Waals surface area contributed by atoms with Crippen LogP contribution in [0.2, 0.25) is 0 Å². The van der Waals surface area contributed by atoms with Crippen LogP contribution >= 0.6 is 0 Å². The van der Waals surface area contributed by atoms with Gasteiger partial charge < -0.3 is 10.1 Å². The number of carbonyl (C=O) groups excluding carboxylic acids is 1. The van der Waals surface area contributed by atoms with Crippen molar-refractivity contribution in [1.82, 2.24) is 9.78 Å². The van der Waals surface area contributed by atoms with Gasteiger partial charge in [-0.05, 0) is 36.4 Å². The molecular formula is C19H16F3N3O4S. The number of nitrogens with one attached hydrogen (secondary N) is 1. The highest BCUT2D eigenvalue weighted by molar-refractivity contribution is 7.91. The summed E-state index contributed by atoms with van der Waals surface area (Å²) in [5.74, 6) is -0.632. The highest BCUT2D eigenvalue weighted by Gasteiger charge is 2.35. The molecule has 0 bridgehead atoms. The van der Waals surface area contributed by atoms with Gasteiger partial charge in [0.05, 0.1) is 12.0 Å². The normalized spacial score (nSPS) is 11.9. The molecule has 0 radical (unpaired) electrons. The van der Waals surface area contributed by atoms with Crippen LogP contribution < -0.4 is 10.1 Å². The van der Waals surface area contributed by atoms with Gasteiger partial charge >= 0.3 is 6.18 Å². The van der Waals surface area contributed by atoms with E-state index in [-0.39, 0.29) is 26.9 Å². The third-order valence-electron chi connectivity index (χ3n) is 4.18. The number of alkyl halides is 3. The minimum atomic E-state index is -4.68. The number of hydrogen-bond donors (Lipinski definition) is 1. The number of aromatic nitrogens is 2. The first-order valence-electron chi connectivity index (χ1n) is 8.45. The van der Waals surface area contributed by atoms with E-state index in [1.807, 2.05) is 0 Å². The Kier molecular flexibility index (Phi) is 5.57. The van der Waals surface area contributed by atoms with Gasteiger partial charge in [-0.2, -0.15) is 18.3 Å². The number of para-hydroxylation sites is 1. The monoisotopic (exact) mass is 439 g/mol. The van der Waals surface area contributed by atoms with E-state index in [1.54, 1.807) is 12.1 Å². The van der Waals surface area contributed by atoms with E-state index in [4.69, 9.17) is 4.74 Å². The Morgan fingerprint density at radius 1 is 1.10 bits per heavy atom. The predicted molar refractivity (Wildman–Crippen MR) is 101 cm³/mol. The van der Waals surface area contributed by atoms with Crippen LogP contribution in [0.3, 0.4) is 0 Å². The molecule has 30 heavy (non-hydrogen) atoms. The first-order valence-corrected chi connectivity index (χ1v) is 9.93. The predicted octanol–water partition coefficient (Wildman–Crippen LogP) is 3.53. The lowest BCUT2D eigenvalue weighted by Gasteiger charge is -2.10. The number of rotatable bonds is 5. The molecule has 0 aliphatic carbocycles. The fourth-order valence-electron chi connectivity index (χ4n) is 2.70. The number of nitrogens with zero attached hydrogens (tertiary/aromatic N) is 2. The highest BCUT2D eigenvalue weighted by atomic mass is 32.2. The number of amides is 1. The van der Waals surface area contributed by atoms with Crippen LogP contribution in [0, 0.1) is 0 Å². The summed E-state index contributed by atoms with van der Waals surface area (Å²) in [6, 6.07) is 12.0. The first-order chi connectivity index (χ1) is 14.0. The Bertz CT molecular complexity index is 1190. The molecule has 3 rings (SSSR count). The number of halogens is 3. The fraction of sp³-hybridized carbons (Fsp3) is 0.158. The zero-order valence-corrected chi connectivity index (χ0v) is 16.6. The van der Waals surface area contributed by atoms with Crippen molar-refractivity contribution >= 4 is 21.4 Å². The molecule has 11 heteroatoms. The van der Waals surface area contributed by atoms with Crippen molar-refractivity contribution < 1.29 is 31.1 Å². The number of ether oxygens (including phenoxy) is 1. The summed E-state index contributed by atoms with van der Waals surface area (Å²) in [5.41, 5.74) is -1.28. The van der Waals surface area contributed by atoms with Gasteiger partial charge in [0.15, 0.2) is 5.69 Å². The number of hydrogen-bond acceptors (Lipinski definition) is 5. The van der Waals surface area contributed by atoms with Crippen molar-refractivity contribution in [2.45, 2.75) is 16.0 Å². The Morgan fingerprint density at radius 2 is 1.73 bits per heavy atom. The average Bonchev–Trinajstić information content (AvgIpc) is 3.10. The number of sulfone groups is 1. The lowest BCUT2D eigenvalue weighted by Crippen LogP contribution is -2.16. The van der Waals surface area contributed by atoms with E-state index in [1.165, 1.54) is 50.6 Å². The summed E-state index contributed by atoms with van der Waals surface area (Å²) in [7, 11) is -1.30. The molecule has 1 N–H and O–H groups in total. The third kappa shape index (κ3) is 4.15. The summed E-state index contributed by atoms with van der Waals surface area (Å²) in [5, 5.41) is 5.70. The molecule has 3 aromatic rings. The largest absolute Gasteiger partial charge is 0.495 e. The topological polar surface area (TPSA) is 90.3 Å². The van der Waals surface area contributed by atoms with E-state index in [0.29, 0.717) is 6.07 Å². The summed E-state index contributed by atoms with van der Waals surface area (Å²) < 4.78 is 69.8. The number of methoxy groups -OCH3 is 1. The third-order valence-corrected chi connectivity index (χ3v) is 5.99. The lowest BCUT2D eigenvalue weighted by atomic mass is 10.3. The molecule has 1 heterocycles. The molecule has 0 aliphatic heterocycles. The van der Waals surface area contributed by atoms with Crippen LogP contribution in [0.1, 0.15) is 16.2 Å². The second kappa shape index (κ2) is 7.82. The van der Waals surface area contributed by atoms with Gasteiger partial charge in [0, 0.05) is 18.8 Å². The molecule has 0 saturated carbocycles. The molecule has 0 spiro atoms. The van der Waals surface area contributed by atoms with Gasteiger partial charge in [0.2, 0.25) is 9.84 Å². The molecule has 0 atom stereocenters. The minimum absolute atomic E-state index is 0.0150. The van der Waals surface area contributed by atoms with Crippen molar-refractivity contribution in [1.29, 1.82) is 0 Å². The fourth-order valence-corrected chi connectivity index (χ4v) is 4.12. The average molecular weight is 439 g/mol. The zero-order chi connectivity index (χ0) is 22.1. The van der Waals surface area contributed by atoms with Crippen molar-refractivity contribution in [2.75, 3.05) is 12.4 Å².